The molecular formula is C24H22N4O3. The molecule has 0 atom stereocenters. The van der Waals surface area contributed by atoms with Crippen LogP contribution in [0.15, 0.2) is 88.7 Å². The van der Waals surface area contributed by atoms with Crippen LogP contribution < -0.4 is 11.1 Å². The first-order chi connectivity index (χ1) is 15.1. The van der Waals surface area contributed by atoms with Gasteiger partial charge in [0.05, 0.1) is 10.8 Å². The lowest BCUT2D eigenvalue weighted by Gasteiger charge is -2.23. The summed E-state index contributed by atoms with van der Waals surface area (Å²) in [5.74, 6) is -0.249. The first kappa shape index (κ1) is 20.3. The molecule has 0 unspecified atom stereocenters. The number of amides is 1. The summed E-state index contributed by atoms with van der Waals surface area (Å²) in [7, 11) is 0. The largest absolute Gasteiger partial charge is 0.336 e. The monoisotopic (exact) mass is 414 g/mol. The molecule has 0 saturated carbocycles. The zero-order valence-electron chi connectivity index (χ0n) is 16.9. The highest BCUT2D eigenvalue weighted by atomic mass is 16.2. The summed E-state index contributed by atoms with van der Waals surface area (Å²) in [4.78, 5) is 44.0. The molecule has 7 heteroatoms. The van der Waals surface area contributed by atoms with Crippen molar-refractivity contribution in [2.75, 3.05) is 6.54 Å². The summed E-state index contributed by atoms with van der Waals surface area (Å²) in [5, 5.41) is 3.14. The van der Waals surface area contributed by atoms with E-state index in [4.69, 9.17) is 0 Å². The summed E-state index contributed by atoms with van der Waals surface area (Å²) in [6.45, 7) is 0.636. The molecule has 0 radical (unpaired) electrons. The van der Waals surface area contributed by atoms with Gasteiger partial charge in [-0.1, -0.05) is 42.5 Å². The van der Waals surface area contributed by atoms with Gasteiger partial charge < -0.3 is 4.90 Å². The number of carbonyl (C=O) groups excluding carboxylic acids is 1. The molecule has 0 fully saturated rings. The third-order valence-electron chi connectivity index (χ3n) is 5.17. The Morgan fingerprint density at radius 3 is 2.29 bits per heavy atom. The van der Waals surface area contributed by atoms with Gasteiger partial charge in [0.2, 0.25) is 5.91 Å². The zero-order chi connectivity index (χ0) is 21.6. The van der Waals surface area contributed by atoms with Crippen molar-refractivity contribution >= 4 is 16.7 Å². The van der Waals surface area contributed by atoms with Crippen LogP contribution in [0.4, 0.5) is 0 Å². The number of nitrogens with one attached hydrogen (secondary N) is 1. The van der Waals surface area contributed by atoms with Crippen LogP contribution in [0.3, 0.4) is 0 Å². The average molecular weight is 414 g/mol. The predicted octanol–water partition coefficient (Wildman–Crippen LogP) is 2.36. The highest BCUT2D eigenvalue weighted by molar-refractivity contribution is 5.81. The van der Waals surface area contributed by atoms with Crippen molar-refractivity contribution in [3.8, 4) is 0 Å². The van der Waals surface area contributed by atoms with E-state index < -0.39 is 11.1 Å². The Labute approximate surface area is 178 Å². The molecule has 0 aliphatic heterocycles. The average Bonchev–Trinajstić information content (AvgIpc) is 2.81. The minimum Gasteiger partial charge on any atom is -0.336 e. The number of benzene rings is 2. The number of rotatable bonds is 7. The minimum atomic E-state index is -0.395. The maximum Gasteiger partial charge on any atom is 0.273 e. The van der Waals surface area contributed by atoms with Gasteiger partial charge >= 0.3 is 0 Å². The lowest BCUT2D eigenvalue weighted by Crippen LogP contribution is -2.39. The fourth-order valence-electron chi connectivity index (χ4n) is 3.50. The number of hydrogen-bond acceptors (Lipinski definition) is 4. The third-order valence-corrected chi connectivity index (χ3v) is 5.17. The van der Waals surface area contributed by atoms with Gasteiger partial charge in [0.15, 0.2) is 0 Å². The summed E-state index contributed by atoms with van der Waals surface area (Å²) < 4.78 is 1.09. The topological polar surface area (TPSA) is 88.1 Å². The maximum atomic E-state index is 13.2. The lowest BCUT2D eigenvalue weighted by molar-refractivity contribution is -0.132. The smallest absolute Gasteiger partial charge is 0.273 e. The van der Waals surface area contributed by atoms with Crippen molar-refractivity contribution in [2.45, 2.75) is 19.5 Å². The Hall–Kier alpha value is -4.00. The summed E-state index contributed by atoms with van der Waals surface area (Å²) in [5.41, 5.74) is 1.27. The second kappa shape index (κ2) is 9.21. The van der Waals surface area contributed by atoms with E-state index >= 15 is 0 Å². The molecule has 0 saturated heterocycles. The van der Waals surface area contributed by atoms with Crippen molar-refractivity contribution in [2.24, 2.45) is 0 Å². The Kier molecular flexibility index (Phi) is 6.03. The molecular weight excluding hydrogens is 392 g/mol. The molecule has 1 N–H and O–H groups in total. The molecule has 4 aromatic rings. The first-order valence-electron chi connectivity index (χ1n) is 10.0. The standard InChI is InChI=1S/C24H22N4O3/c29-22(17-28-24(31)21-9-5-4-8-20(21)23(30)26-28)27(16-19-10-13-25-14-11-19)15-12-18-6-2-1-3-7-18/h1-11,13-14H,12,15-17H2,(H,26,30). The molecule has 0 spiro atoms. The van der Waals surface area contributed by atoms with Gasteiger partial charge in [0.1, 0.15) is 6.54 Å². The van der Waals surface area contributed by atoms with Crippen LogP contribution >= 0.6 is 0 Å². The van der Waals surface area contributed by atoms with Gasteiger partial charge in [-0.15, -0.1) is 0 Å². The summed E-state index contributed by atoms with van der Waals surface area (Å²) >= 11 is 0. The molecule has 31 heavy (non-hydrogen) atoms. The second-order valence-corrected chi connectivity index (χ2v) is 7.28. The number of pyridine rings is 1. The molecule has 2 aromatic heterocycles. The number of aromatic nitrogens is 3. The molecule has 7 nitrogen and oxygen atoms in total. The number of fused-ring (bicyclic) bond motifs is 1. The van der Waals surface area contributed by atoms with Crippen LogP contribution in [0.2, 0.25) is 0 Å². The van der Waals surface area contributed by atoms with E-state index in [9.17, 15) is 14.4 Å². The van der Waals surface area contributed by atoms with Crippen LogP contribution in [0.5, 0.6) is 0 Å². The number of H-pyrrole nitrogens is 1. The van der Waals surface area contributed by atoms with Gasteiger partial charge in [-0.05, 0) is 41.8 Å². The molecule has 2 aromatic carbocycles. The van der Waals surface area contributed by atoms with Gasteiger partial charge in [-0.3, -0.25) is 24.5 Å². The molecule has 0 bridgehead atoms. The van der Waals surface area contributed by atoms with Crippen LogP contribution in [-0.2, 0) is 24.3 Å². The predicted molar refractivity (Wildman–Crippen MR) is 119 cm³/mol. The third kappa shape index (κ3) is 4.78. The van der Waals surface area contributed by atoms with Crippen LogP contribution in [0.25, 0.3) is 10.8 Å². The normalized spacial score (nSPS) is 10.8. The van der Waals surface area contributed by atoms with E-state index in [1.165, 1.54) is 0 Å². The Bertz CT molecular complexity index is 1300. The second-order valence-electron chi connectivity index (χ2n) is 7.28. The van der Waals surface area contributed by atoms with Gasteiger partial charge in [0, 0.05) is 25.5 Å². The number of nitrogens with zero attached hydrogens (tertiary/aromatic N) is 3. The van der Waals surface area contributed by atoms with Crippen molar-refractivity contribution in [1.82, 2.24) is 19.7 Å². The number of carbonyl (C=O) groups is 1. The van der Waals surface area contributed by atoms with Crippen LogP contribution in [0.1, 0.15) is 11.1 Å². The fourth-order valence-corrected chi connectivity index (χ4v) is 3.50. The highest BCUT2D eigenvalue weighted by Gasteiger charge is 2.17. The quantitative estimate of drug-likeness (QED) is 0.503. The Balaban J connectivity index is 1.59. The summed E-state index contributed by atoms with van der Waals surface area (Å²) in [6.07, 6.45) is 4.04. The summed E-state index contributed by atoms with van der Waals surface area (Å²) in [6, 6.07) is 20.2. The number of aromatic amines is 1. The van der Waals surface area contributed by atoms with Gasteiger partial charge in [-0.2, -0.15) is 0 Å². The van der Waals surface area contributed by atoms with E-state index in [1.54, 1.807) is 41.6 Å². The van der Waals surface area contributed by atoms with E-state index in [0.29, 0.717) is 30.3 Å². The number of hydrogen-bond donors (Lipinski definition) is 1. The molecule has 156 valence electrons. The molecule has 2 heterocycles. The van der Waals surface area contributed by atoms with E-state index in [2.05, 4.69) is 10.1 Å². The van der Waals surface area contributed by atoms with Gasteiger partial charge in [-0.25, -0.2) is 4.68 Å². The van der Waals surface area contributed by atoms with Crippen molar-refractivity contribution < 1.29 is 4.79 Å². The van der Waals surface area contributed by atoms with Crippen molar-refractivity contribution in [1.29, 1.82) is 0 Å². The lowest BCUT2D eigenvalue weighted by atomic mass is 10.1. The van der Waals surface area contributed by atoms with E-state index in [-0.39, 0.29) is 12.5 Å². The fraction of sp³-hybridized carbons (Fsp3) is 0.167. The van der Waals surface area contributed by atoms with Gasteiger partial charge in [0.25, 0.3) is 11.1 Å². The highest BCUT2D eigenvalue weighted by Crippen LogP contribution is 2.08. The maximum absolute atomic E-state index is 13.2. The van der Waals surface area contributed by atoms with Crippen LogP contribution in [-0.4, -0.2) is 32.1 Å². The van der Waals surface area contributed by atoms with Crippen molar-refractivity contribution in [3.63, 3.8) is 0 Å². The van der Waals surface area contributed by atoms with E-state index in [0.717, 1.165) is 15.8 Å². The van der Waals surface area contributed by atoms with Crippen LogP contribution in [0, 0.1) is 0 Å². The molecule has 1 amide bonds. The molecule has 0 aliphatic rings. The zero-order valence-corrected chi connectivity index (χ0v) is 16.9. The Morgan fingerprint density at radius 2 is 1.55 bits per heavy atom. The minimum absolute atomic E-state index is 0.237. The first-order valence-corrected chi connectivity index (χ1v) is 10.0. The molecule has 0 aliphatic carbocycles. The molecule has 4 rings (SSSR count). The van der Waals surface area contributed by atoms with E-state index in [1.807, 2.05) is 42.5 Å². The Morgan fingerprint density at radius 1 is 0.871 bits per heavy atom. The SMILES string of the molecule is O=C(Cn1[nH]c(=O)c2ccccc2c1=O)N(CCc1ccccc1)Cc1ccncc1. The van der Waals surface area contributed by atoms with Crippen molar-refractivity contribution in [3.05, 3.63) is 111 Å².